The summed E-state index contributed by atoms with van der Waals surface area (Å²) in [5, 5.41) is 4.46. The lowest BCUT2D eigenvalue weighted by molar-refractivity contribution is 0.0712. The van der Waals surface area contributed by atoms with Crippen LogP contribution in [0.2, 0.25) is 5.02 Å². The summed E-state index contributed by atoms with van der Waals surface area (Å²) in [6.45, 7) is 2.97. The fourth-order valence-electron chi connectivity index (χ4n) is 2.57. The number of rotatable bonds is 2. The van der Waals surface area contributed by atoms with Crippen molar-refractivity contribution >= 4 is 17.5 Å². The Morgan fingerprint density at radius 1 is 1.48 bits per heavy atom. The highest BCUT2D eigenvalue weighted by molar-refractivity contribution is 6.31. The maximum Gasteiger partial charge on any atom is 0.258 e. The summed E-state index contributed by atoms with van der Waals surface area (Å²) in [6.07, 6.45) is 0.749. The number of hydrogen-bond acceptors (Lipinski definition) is 4. The first-order valence-corrected chi connectivity index (χ1v) is 7.04. The molecule has 0 bridgehead atoms. The topological polar surface area (TPSA) is 55.6 Å². The Morgan fingerprint density at radius 3 is 3.05 bits per heavy atom. The molecule has 1 aromatic heterocycles. The number of halogens is 1. The monoisotopic (exact) mass is 306 g/mol. The van der Waals surface area contributed by atoms with E-state index in [-0.39, 0.29) is 5.91 Å². The van der Waals surface area contributed by atoms with Gasteiger partial charge in [0.15, 0.2) is 5.76 Å². The molecule has 0 atom stereocenters. The smallest absolute Gasteiger partial charge is 0.258 e. The van der Waals surface area contributed by atoms with Crippen molar-refractivity contribution in [1.82, 2.24) is 10.1 Å². The average molecular weight is 307 g/mol. The van der Waals surface area contributed by atoms with Crippen molar-refractivity contribution in [2.75, 3.05) is 13.7 Å². The lowest BCUT2D eigenvalue weighted by Crippen LogP contribution is -2.35. The Balaban J connectivity index is 1.88. The van der Waals surface area contributed by atoms with Crippen molar-refractivity contribution in [3.05, 3.63) is 45.8 Å². The van der Waals surface area contributed by atoms with Gasteiger partial charge in [-0.3, -0.25) is 4.79 Å². The third-order valence-corrected chi connectivity index (χ3v) is 3.95. The maximum absolute atomic E-state index is 12.7. The fourth-order valence-corrected chi connectivity index (χ4v) is 2.74. The molecule has 2 heterocycles. The zero-order valence-corrected chi connectivity index (χ0v) is 12.6. The number of carbonyl (C=O) groups is 1. The van der Waals surface area contributed by atoms with Crippen molar-refractivity contribution in [2.24, 2.45) is 0 Å². The van der Waals surface area contributed by atoms with Gasteiger partial charge in [-0.2, -0.15) is 0 Å². The van der Waals surface area contributed by atoms with Gasteiger partial charge in [0.1, 0.15) is 5.75 Å². The quantitative estimate of drug-likeness (QED) is 0.856. The highest BCUT2D eigenvalue weighted by Gasteiger charge is 2.27. The number of ether oxygens (including phenoxy) is 1. The van der Waals surface area contributed by atoms with Crippen molar-refractivity contribution < 1.29 is 14.1 Å². The molecule has 0 saturated carbocycles. The predicted octanol–water partition coefficient (Wildman–Crippen LogP) is 2.84. The Labute approximate surface area is 127 Å². The van der Waals surface area contributed by atoms with Crippen LogP contribution in [0.1, 0.15) is 27.4 Å². The largest absolute Gasteiger partial charge is 0.496 e. The molecule has 21 heavy (non-hydrogen) atoms. The van der Waals surface area contributed by atoms with Gasteiger partial charge in [0.2, 0.25) is 0 Å². The fraction of sp³-hybridized carbons (Fsp3) is 0.333. The Bertz CT molecular complexity index is 696. The standard InChI is InChI=1S/C15H15ClN2O3/c1-9-11-5-6-18(8-14(11)21-17-9)15(19)12-7-10(16)3-4-13(12)20-2/h3-4,7H,5-6,8H2,1-2H3. The molecule has 5 nitrogen and oxygen atoms in total. The Hall–Kier alpha value is -2.01. The molecule has 0 unspecified atom stereocenters. The number of methoxy groups -OCH3 is 1. The molecule has 1 aliphatic heterocycles. The Kier molecular flexibility index (Phi) is 3.59. The van der Waals surface area contributed by atoms with E-state index >= 15 is 0 Å². The first-order valence-electron chi connectivity index (χ1n) is 6.67. The summed E-state index contributed by atoms with van der Waals surface area (Å²) < 4.78 is 10.5. The second kappa shape index (κ2) is 5.41. The van der Waals surface area contributed by atoms with Gasteiger partial charge < -0.3 is 14.2 Å². The molecule has 6 heteroatoms. The number of carbonyl (C=O) groups excluding carboxylic acids is 1. The van der Waals surface area contributed by atoms with Gasteiger partial charge in [0, 0.05) is 17.1 Å². The van der Waals surface area contributed by atoms with E-state index in [9.17, 15) is 4.79 Å². The molecule has 3 rings (SSSR count). The van der Waals surface area contributed by atoms with E-state index < -0.39 is 0 Å². The van der Waals surface area contributed by atoms with Crippen molar-refractivity contribution in [3.63, 3.8) is 0 Å². The number of aryl methyl sites for hydroxylation is 1. The summed E-state index contributed by atoms with van der Waals surface area (Å²) in [5.41, 5.74) is 2.47. The predicted molar refractivity (Wildman–Crippen MR) is 77.7 cm³/mol. The molecule has 2 aromatic rings. The van der Waals surface area contributed by atoms with Crippen LogP contribution in [0.25, 0.3) is 0 Å². The van der Waals surface area contributed by atoms with E-state index in [0.717, 1.165) is 23.4 Å². The molecule has 1 aliphatic rings. The van der Waals surface area contributed by atoms with Crippen LogP contribution in [0.4, 0.5) is 0 Å². The number of fused-ring (bicyclic) bond motifs is 1. The van der Waals surface area contributed by atoms with Crippen LogP contribution in [0, 0.1) is 6.92 Å². The second-order valence-electron chi connectivity index (χ2n) is 4.99. The molecule has 0 aliphatic carbocycles. The van der Waals surface area contributed by atoms with Crippen LogP contribution < -0.4 is 4.74 Å². The van der Waals surface area contributed by atoms with Crippen molar-refractivity contribution in [3.8, 4) is 5.75 Å². The first kappa shape index (κ1) is 13.9. The lowest BCUT2D eigenvalue weighted by Gasteiger charge is -2.26. The first-order chi connectivity index (χ1) is 10.1. The van der Waals surface area contributed by atoms with Crippen LogP contribution in [0.3, 0.4) is 0 Å². The van der Waals surface area contributed by atoms with E-state index in [4.69, 9.17) is 20.9 Å². The molecule has 1 aromatic carbocycles. The molecule has 0 spiro atoms. The van der Waals surface area contributed by atoms with E-state index in [2.05, 4.69) is 5.16 Å². The number of nitrogens with zero attached hydrogens (tertiary/aromatic N) is 2. The third-order valence-electron chi connectivity index (χ3n) is 3.71. The lowest BCUT2D eigenvalue weighted by atomic mass is 10.0. The zero-order valence-electron chi connectivity index (χ0n) is 11.9. The minimum atomic E-state index is -0.117. The van der Waals surface area contributed by atoms with Crippen LogP contribution in [0.5, 0.6) is 5.75 Å². The van der Waals surface area contributed by atoms with Gasteiger partial charge in [-0.15, -0.1) is 0 Å². The molecule has 0 saturated heterocycles. The highest BCUT2D eigenvalue weighted by Crippen LogP contribution is 2.27. The summed E-state index contributed by atoms with van der Waals surface area (Å²) >= 11 is 5.99. The number of amides is 1. The van der Waals surface area contributed by atoms with Gasteiger partial charge >= 0.3 is 0 Å². The van der Waals surface area contributed by atoms with E-state index in [1.807, 2.05) is 6.92 Å². The molecular weight excluding hydrogens is 292 g/mol. The van der Waals surface area contributed by atoms with Gasteiger partial charge in [0.05, 0.1) is 24.9 Å². The SMILES string of the molecule is COc1ccc(Cl)cc1C(=O)N1CCc2c(C)noc2C1. The summed E-state index contributed by atoms with van der Waals surface area (Å²) in [4.78, 5) is 14.4. The molecular formula is C15H15ClN2O3. The van der Waals surface area contributed by atoms with Gasteiger partial charge in [0.25, 0.3) is 5.91 Å². The summed E-state index contributed by atoms with van der Waals surface area (Å²) in [7, 11) is 1.54. The summed E-state index contributed by atoms with van der Waals surface area (Å²) in [5.74, 6) is 1.16. The van der Waals surface area contributed by atoms with Crippen molar-refractivity contribution in [1.29, 1.82) is 0 Å². The van der Waals surface area contributed by atoms with Crippen LogP contribution in [-0.2, 0) is 13.0 Å². The number of benzene rings is 1. The molecule has 0 N–H and O–H groups in total. The minimum Gasteiger partial charge on any atom is -0.496 e. The average Bonchev–Trinajstić information content (AvgIpc) is 2.87. The van der Waals surface area contributed by atoms with E-state index in [1.165, 1.54) is 7.11 Å². The van der Waals surface area contributed by atoms with E-state index in [1.54, 1.807) is 23.1 Å². The molecule has 0 fully saturated rings. The van der Waals surface area contributed by atoms with Gasteiger partial charge in [-0.05, 0) is 31.5 Å². The summed E-state index contributed by atoms with van der Waals surface area (Å²) in [6, 6.07) is 5.03. The minimum absolute atomic E-state index is 0.117. The van der Waals surface area contributed by atoms with Crippen LogP contribution in [0.15, 0.2) is 22.7 Å². The maximum atomic E-state index is 12.7. The highest BCUT2D eigenvalue weighted by atomic mass is 35.5. The van der Waals surface area contributed by atoms with Gasteiger partial charge in [-0.25, -0.2) is 0 Å². The van der Waals surface area contributed by atoms with Crippen LogP contribution >= 0.6 is 11.6 Å². The van der Waals surface area contributed by atoms with Gasteiger partial charge in [-0.1, -0.05) is 16.8 Å². The second-order valence-corrected chi connectivity index (χ2v) is 5.43. The normalized spacial score (nSPS) is 14.0. The van der Waals surface area contributed by atoms with Crippen molar-refractivity contribution in [2.45, 2.75) is 19.9 Å². The molecule has 1 amide bonds. The zero-order chi connectivity index (χ0) is 15.0. The number of aromatic nitrogens is 1. The molecule has 110 valence electrons. The number of hydrogen-bond donors (Lipinski definition) is 0. The third kappa shape index (κ3) is 2.49. The van der Waals surface area contributed by atoms with E-state index in [0.29, 0.717) is 29.4 Å². The molecule has 0 radical (unpaired) electrons. The van der Waals surface area contributed by atoms with Crippen LogP contribution in [-0.4, -0.2) is 29.6 Å². The Morgan fingerprint density at radius 2 is 2.29 bits per heavy atom.